The Kier molecular flexibility index (Phi) is 4.34. The second-order valence-electron chi connectivity index (χ2n) is 3.50. The van der Waals surface area contributed by atoms with Gasteiger partial charge >= 0.3 is 0 Å². The number of thiophene rings is 1. The standard InChI is InChI=1S/C13H13NOS2/c1-2-10-6-7-12(17-10)11(15)9-16-13-5-3-4-8-14-13/h3-8H,2,9H2,1H3. The highest BCUT2D eigenvalue weighted by Crippen LogP contribution is 2.21. The van der Waals surface area contributed by atoms with E-state index in [0.29, 0.717) is 5.75 Å². The van der Waals surface area contributed by atoms with Crippen LogP contribution in [0, 0.1) is 0 Å². The first kappa shape index (κ1) is 12.3. The van der Waals surface area contributed by atoms with Crippen LogP contribution in [0.1, 0.15) is 21.5 Å². The minimum Gasteiger partial charge on any atom is -0.292 e. The van der Waals surface area contributed by atoms with Crippen LogP contribution in [-0.2, 0) is 6.42 Å². The van der Waals surface area contributed by atoms with Gasteiger partial charge in [-0.05, 0) is 30.7 Å². The summed E-state index contributed by atoms with van der Waals surface area (Å²) < 4.78 is 0. The highest BCUT2D eigenvalue weighted by molar-refractivity contribution is 7.99. The number of nitrogens with zero attached hydrogens (tertiary/aromatic N) is 1. The van der Waals surface area contributed by atoms with Crippen molar-refractivity contribution in [1.82, 2.24) is 4.98 Å². The highest BCUT2D eigenvalue weighted by Gasteiger charge is 2.09. The summed E-state index contributed by atoms with van der Waals surface area (Å²) in [5, 5.41) is 0.896. The van der Waals surface area contributed by atoms with Gasteiger partial charge in [0.05, 0.1) is 15.7 Å². The van der Waals surface area contributed by atoms with Gasteiger partial charge in [0.25, 0.3) is 0 Å². The van der Waals surface area contributed by atoms with Crippen LogP contribution in [-0.4, -0.2) is 16.5 Å². The van der Waals surface area contributed by atoms with E-state index in [0.717, 1.165) is 16.3 Å². The molecule has 0 aliphatic heterocycles. The Bertz CT molecular complexity index is 493. The summed E-state index contributed by atoms with van der Waals surface area (Å²) in [6, 6.07) is 9.68. The minimum absolute atomic E-state index is 0.186. The number of carbonyl (C=O) groups excluding carboxylic acids is 1. The quantitative estimate of drug-likeness (QED) is 0.609. The fraction of sp³-hybridized carbons (Fsp3) is 0.231. The van der Waals surface area contributed by atoms with E-state index < -0.39 is 0 Å². The zero-order valence-electron chi connectivity index (χ0n) is 9.55. The van der Waals surface area contributed by atoms with Crippen molar-refractivity contribution in [2.75, 3.05) is 5.75 Å². The molecule has 0 atom stereocenters. The molecular weight excluding hydrogens is 250 g/mol. The first-order valence-electron chi connectivity index (χ1n) is 5.45. The van der Waals surface area contributed by atoms with E-state index in [4.69, 9.17) is 0 Å². The van der Waals surface area contributed by atoms with E-state index in [1.165, 1.54) is 16.6 Å². The molecule has 0 aliphatic rings. The molecule has 2 rings (SSSR count). The zero-order chi connectivity index (χ0) is 12.1. The van der Waals surface area contributed by atoms with E-state index >= 15 is 0 Å². The summed E-state index contributed by atoms with van der Waals surface area (Å²) >= 11 is 3.08. The lowest BCUT2D eigenvalue weighted by Gasteiger charge is -1.98. The van der Waals surface area contributed by atoms with Crippen LogP contribution in [0.25, 0.3) is 0 Å². The molecule has 0 fully saturated rings. The van der Waals surface area contributed by atoms with Crippen LogP contribution in [0.2, 0.25) is 0 Å². The molecule has 0 unspecified atom stereocenters. The lowest BCUT2D eigenvalue weighted by Crippen LogP contribution is -1.99. The molecule has 0 aliphatic carbocycles. The van der Waals surface area contributed by atoms with Crippen LogP contribution in [0.3, 0.4) is 0 Å². The molecular formula is C13H13NOS2. The van der Waals surface area contributed by atoms with E-state index in [-0.39, 0.29) is 5.78 Å². The second kappa shape index (κ2) is 5.98. The molecule has 0 radical (unpaired) electrons. The van der Waals surface area contributed by atoms with E-state index in [1.54, 1.807) is 17.5 Å². The molecule has 88 valence electrons. The fourth-order valence-electron chi connectivity index (χ4n) is 1.36. The van der Waals surface area contributed by atoms with Crippen LogP contribution < -0.4 is 0 Å². The Labute approximate surface area is 109 Å². The summed E-state index contributed by atoms with van der Waals surface area (Å²) in [7, 11) is 0. The number of pyridine rings is 1. The number of carbonyl (C=O) groups is 1. The molecule has 17 heavy (non-hydrogen) atoms. The molecule has 0 bridgehead atoms. The van der Waals surface area contributed by atoms with Gasteiger partial charge in [-0.15, -0.1) is 11.3 Å². The van der Waals surface area contributed by atoms with E-state index in [1.807, 2.05) is 30.3 Å². The molecule has 2 aromatic heterocycles. The third-order valence-corrected chi connectivity index (χ3v) is 4.49. The molecule has 2 heterocycles. The van der Waals surface area contributed by atoms with Crippen LogP contribution in [0.15, 0.2) is 41.6 Å². The maximum Gasteiger partial charge on any atom is 0.183 e. The van der Waals surface area contributed by atoms with Gasteiger partial charge in [-0.25, -0.2) is 4.98 Å². The largest absolute Gasteiger partial charge is 0.292 e. The van der Waals surface area contributed by atoms with Crippen molar-refractivity contribution in [2.24, 2.45) is 0 Å². The molecule has 0 saturated carbocycles. The van der Waals surface area contributed by atoms with Crippen molar-refractivity contribution in [2.45, 2.75) is 18.4 Å². The second-order valence-corrected chi connectivity index (χ2v) is 5.66. The zero-order valence-corrected chi connectivity index (χ0v) is 11.2. The van der Waals surface area contributed by atoms with Gasteiger partial charge in [-0.1, -0.05) is 24.8 Å². The summed E-state index contributed by atoms with van der Waals surface area (Å²) in [5.41, 5.74) is 0. The normalized spacial score (nSPS) is 10.4. The SMILES string of the molecule is CCc1ccc(C(=O)CSc2ccccn2)s1. The summed E-state index contributed by atoms with van der Waals surface area (Å²) in [4.78, 5) is 18.2. The monoisotopic (exact) mass is 263 g/mol. The lowest BCUT2D eigenvalue weighted by molar-refractivity contribution is 0.102. The van der Waals surface area contributed by atoms with Gasteiger partial charge in [-0.2, -0.15) is 0 Å². The number of thioether (sulfide) groups is 1. The van der Waals surface area contributed by atoms with E-state index in [9.17, 15) is 4.79 Å². The lowest BCUT2D eigenvalue weighted by atomic mass is 10.3. The van der Waals surface area contributed by atoms with Gasteiger partial charge in [0, 0.05) is 11.1 Å². The topological polar surface area (TPSA) is 30.0 Å². The molecule has 4 heteroatoms. The smallest absolute Gasteiger partial charge is 0.183 e. The van der Waals surface area contributed by atoms with Crippen molar-refractivity contribution in [3.63, 3.8) is 0 Å². The number of hydrogen-bond donors (Lipinski definition) is 0. The Balaban J connectivity index is 1.93. The average molecular weight is 263 g/mol. The van der Waals surface area contributed by atoms with Crippen LogP contribution in [0.5, 0.6) is 0 Å². The van der Waals surface area contributed by atoms with Gasteiger partial charge in [-0.3, -0.25) is 4.79 Å². The molecule has 0 aromatic carbocycles. The first-order chi connectivity index (χ1) is 8.29. The van der Waals surface area contributed by atoms with Crippen molar-refractivity contribution < 1.29 is 4.79 Å². The predicted molar refractivity (Wildman–Crippen MR) is 73.0 cm³/mol. The Morgan fingerprint density at radius 2 is 2.24 bits per heavy atom. The number of aromatic nitrogens is 1. The fourth-order valence-corrected chi connectivity index (χ4v) is 3.08. The van der Waals surface area contributed by atoms with Gasteiger partial charge < -0.3 is 0 Å². The summed E-state index contributed by atoms with van der Waals surface area (Å²) in [5.74, 6) is 0.645. The van der Waals surface area contributed by atoms with Gasteiger partial charge in [0.2, 0.25) is 0 Å². The minimum atomic E-state index is 0.186. The third-order valence-electron chi connectivity index (χ3n) is 2.27. The molecule has 0 spiro atoms. The Morgan fingerprint density at radius 1 is 1.35 bits per heavy atom. The summed E-state index contributed by atoms with van der Waals surface area (Å²) in [6.45, 7) is 2.10. The van der Waals surface area contributed by atoms with Crippen LogP contribution >= 0.6 is 23.1 Å². The van der Waals surface area contributed by atoms with E-state index in [2.05, 4.69) is 11.9 Å². The molecule has 0 saturated heterocycles. The number of Topliss-reactive ketones (excluding diaryl/α,β-unsaturated/α-hetero) is 1. The number of hydrogen-bond acceptors (Lipinski definition) is 4. The number of ketones is 1. The van der Waals surface area contributed by atoms with Crippen molar-refractivity contribution in [3.8, 4) is 0 Å². The first-order valence-corrected chi connectivity index (χ1v) is 7.25. The molecule has 0 N–H and O–H groups in total. The predicted octanol–water partition coefficient (Wildman–Crippen LogP) is 3.68. The third kappa shape index (κ3) is 3.41. The van der Waals surface area contributed by atoms with Crippen LogP contribution in [0.4, 0.5) is 0 Å². The van der Waals surface area contributed by atoms with Gasteiger partial charge in [0.1, 0.15) is 0 Å². The maximum atomic E-state index is 11.9. The number of aryl methyl sites for hydroxylation is 1. The Hall–Kier alpha value is -1.13. The number of rotatable bonds is 5. The summed E-state index contributed by atoms with van der Waals surface area (Å²) in [6.07, 6.45) is 2.73. The Morgan fingerprint density at radius 3 is 2.88 bits per heavy atom. The highest BCUT2D eigenvalue weighted by atomic mass is 32.2. The van der Waals surface area contributed by atoms with Crippen molar-refractivity contribution >= 4 is 28.9 Å². The molecule has 2 aromatic rings. The van der Waals surface area contributed by atoms with Crippen molar-refractivity contribution in [3.05, 3.63) is 46.3 Å². The molecule has 2 nitrogen and oxygen atoms in total. The average Bonchev–Trinajstić information content (AvgIpc) is 2.86. The molecule has 0 amide bonds. The van der Waals surface area contributed by atoms with Crippen molar-refractivity contribution in [1.29, 1.82) is 0 Å². The van der Waals surface area contributed by atoms with Gasteiger partial charge in [0.15, 0.2) is 5.78 Å². The maximum absolute atomic E-state index is 11.9.